The molecule has 21 heavy (non-hydrogen) atoms. The molecular formula is C16H12N2O3. The molecule has 5 nitrogen and oxygen atoms in total. The normalized spacial score (nSPS) is 10.5. The van der Waals surface area contributed by atoms with E-state index in [2.05, 4.69) is 10.3 Å². The third kappa shape index (κ3) is 2.25. The van der Waals surface area contributed by atoms with Gasteiger partial charge >= 0.3 is 5.97 Å². The Balaban J connectivity index is 2.19. The molecule has 104 valence electrons. The van der Waals surface area contributed by atoms with Crippen LogP contribution in [-0.4, -0.2) is 22.5 Å². The molecule has 0 saturated carbocycles. The van der Waals surface area contributed by atoms with E-state index in [1.54, 1.807) is 12.1 Å². The maximum atomic E-state index is 11.2. The monoisotopic (exact) mass is 280 g/mol. The van der Waals surface area contributed by atoms with Crippen LogP contribution in [0.25, 0.3) is 22.0 Å². The van der Waals surface area contributed by atoms with Gasteiger partial charge in [-0.05, 0) is 35.4 Å². The number of carbonyl (C=O) groups is 2. The zero-order chi connectivity index (χ0) is 14.8. The summed E-state index contributed by atoms with van der Waals surface area (Å²) in [5, 5.41) is 12.6. The number of nitrogens with one attached hydrogen (secondary N) is 2. The summed E-state index contributed by atoms with van der Waals surface area (Å²) in [4.78, 5) is 24.9. The lowest BCUT2D eigenvalue weighted by Crippen LogP contribution is -2.04. The molecular weight excluding hydrogens is 268 g/mol. The molecule has 3 aromatic rings. The van der Waals surface area contributed by atoms with E-state index in [1.165, 1.54) is 6.07 Å². The predicted octanol–water partition coefficient (Wildman–Crippen LogP) is 3.10. The number of hydrogen-bond acceptors (Lipinski definition) is 2. The summed E-state index contributed by atoms with van der Waals surface area (Å²) < 4.78 is 0. The van der Waals surface area contributed by atoms with E-state index in [4.69, 9.17) is 5.11 Å². The minimum atomic E-state index is -1.08. The maximum Gasteiger partial charge on any atom is 0.337 e. The molecule has 0 aliphatic carbocycles. The van der Waals surface area contributed by atoms with Crippen molar-refractivity contribution in [3.63, 3.8) is 0 Å². The summed E-state index contributed by atoms with van der Waals surface area (Å²) in [5.41, 5.74) is 3.16. The van der Waals surface area contributed by atoms with Gasteiger partial charge in [0.1, 0.15) is 0 Å². The van der Waals surface area contributed by atoms with Crippen LogP contribution in [-0.2, 0) is 4.79 Å². The number of aromatic amines is 1. The third-order valence-electron chi connectivity index (χ3n) is 3.37. The zero-order valence-electron chi connectivity index (χ0n) is 11.0. The average molecular weight is 280 g/mol. The molecule has 1 amide bonds. The summed E-state index contributed by atoms with van der Waals surface area (Å²) >= 11 is 0. The highest BCUT2D eigenvalue weighted by Crippen LogP contribution is 2.31. The van der Waals surface area contributed by atoms with Gasteiger partial charge in [-0.1, -0.05) is 18.2 Å². The zero-order valence-corrected chi connectivity index (χ0v) is 11.0. The molecule has 0 saturated heterocycles. The fourth-order valence-electron chi connectivity index (χ4n) is 2.42. The van der Waals surface area contributed by atoms with Crippen LogP contribution in [0.4, 0.5) is 5.69 Å². The van der Waals surface area contributed by atoms with Gasteiger partial charge in [0.15, 0.2) is 0 Å². The molecule has 0 aliphatic rings. The molecule has 2 aromatic carbocycles. The van der Waals surface area contributed by atoms with Crippen LogP contribution in [0.3, 0.4) is 0 Å². The molecule has 0 atom stereocenters. The second-order valence-electron chi connectivity index (χ2n) is 4.57. The Kier molecular flexibility index (Phi) is 3.16. The van der Waals surface area contributed by atoms with Gasteiger partial charge in [-0.15, -0.1) is 0 Å². The first-order valence-electron chi connectivity index (χ1n) is 6.34. The van der Waals surface area contributed by atoms with E-state index in [0.717, 1.165) is 22.0 Å². The number of hydrogen-bond donors (Lipinski definition) is 3. The standard InChI is InChI=1S/C16H12N2O3/c19-9-18-15-8-10(4-5-13(15)16(20)21)11-2-1-3-14-12(11)6-7-17-14/h1-9,17H,(H,18,19)(H,20,21). The van der Waals surface area contributed by atoms with E-state index >= 15 is 0 Å². The third-order valence-corrected chi connectivity index (χ3v) is 3.37. The predicted molar refractivity (Wildman–Crippen MR) is 80.4 cm³/mol. The van der Waals surface area contributed by atoms with E-state index in [1.807, 2.05) is 30.5 Å². The van der Waals surface area contributed by atoms with Crippen molar-refractivity contribution in [2.75, 3.05) is 5.32 Å². The Hall–Kier alpha value is -3.08. The summed E-state index contributed by atoms with van der Waals surface area (Å²) in [5.74, 6) is -1.08. The number of amides is 1. The molecule has 5 heteroatoms. The van der Waals surface area contributed by atoms with Crippen LogP contribution < -0.4 is 5.32 Å². The lowest BCUT2D eigenvalue weighted by molar-refractivity contribution is -0.105. The fourth-order valence-corrected chi connectivity index (χ4v) is 2.42. The summed E-state index contributed by atoms with van der Waals surface area (Å²) in [6.07, 6.45) is 2.33. The Morgan fingerprint density at radius 3 is 2.81 bits per heavy atom. The Morgan fingerprint density at radius 1 is 1.19 bits per heavy atom. The van der Waals surface area contributed by atoms with Gasteiger partial charge in [0.2, 0.25) is 6.41 Å². The highest BCUT2D eigenvalue weighted by Gasteiger charge is 2.12. The van der Waals surface area contributed by atoms with Gasteiger partial charge in [-0.25, -0.2) is 4.79 Å². The van der Waals surface area contributed by atoms with E-state index in [9.17, 15) is 9.59 Å². The van der Waals surface area contributed by atoms with Crippen molar-refractivity contribution in [2.45, 2.75) is 0 Å². The lowest BCUT2D eigenvalue weighted by atomic mass is 9.99. The van der Waals surface area contributed by atoms with Gasteiger partial charge in [-0.2, -0.15) is 0 Å². The van der Waals surface area contributed by atoms with Gasteiger partial charge < -0.3 is 15.4 Å². The first-order valence-corrected chi connectivity index (χ1v) is 6.34. The number of aromatic carboxylic acids is 1. The fraction of sp³-hybridized carbons (Fsp3) is 0. The molecule has 1 aromatic heterocycles. The van der Waals surface area contributed by atoms with Crippen molar-refractivity contribution in [1.29, 1.82) is 0 Å². The molecule has 0 unspecified atom stereocenters. The first kappa shape index (κ1) is 12.9. The number of carboxylic acid groups (broad SMARTS) is 1. The summed E-state index contributed by atoms with van der Waals surface area (Å²) in [6, 6.07) is 12.7. The number of aromatic nitrogens is 1. The molecule has 3 N–H and O–H groups in total. The van der Waals surface area contributed by atoms with Crippen molar-refractivity contribution in [1.82, 2.24) is 4.98 Å². The quantitative estimate of drug-likeness (QED) is 0.642. The minimum Gasteiger partial charge on any atom is -0.478 e. The SMILES string of the molecule is O=CNc1cc(-c2cccc3[nH]ccc23)ccc1C(=O)O. The number of rotatable bonds is 4. The maximum absolute atomic E-state index is 11.2. The highest BCUT2D eigenvalue weighted by molar-refractivity contribution is 6.00. The smallest absolute Gasteiger partial charge is 0.337 e. The first-order chi connectivity index (χ1) is 10.2. The lowest BCUT2D eigenvalue weighted by Gasteiger charge is -2.09. The van der Waals surface area contributed by atoms with E-state index < -0.39 is 5.97 Å². The number of fused-ring (bicyclic) bond motifs is 1. The van der Waals surface area contributed by atoms with Crippen LogP contribution in [0, 0.1) is 0 Å². The minimum absolute atomic E-state index is 0.0621. The van der Waals surface area contributed by atoms with Gasteiger partial charge in [0, 0.05) is 17.1 Å². The van der Waals surface area contributed by atoms with Crippen molar-refractivity contribution >= 4 is 29.0 Å². The van der Waals surface area contributed by atoms with E-state index in [0.29, 0.717) is 6.41 Å². The number of carbonyl (C=O) groups excluding carboxylic acids is 1. The second kappa shape index (κ2) is 5.13. The van der Waals surface area contributed by atoms with Crippen LogP contribution in [0.15, 0.2) is 48.7 Å². The molecule has 0 spiro atoms. The summed E-state index contributed by atoms with van der Waals surface area (Å²) in [6.45, 7) is 0. The van der Waals surface area contributed by atoms with Gasteiger partial charge in [0.05, 0.1) is 11.3 Å². The number of benzene rings is 2. The van der Waals surface area contributed by atoms with E-state index in [-0.39, 0.29) is 11.3 Å². The Labute approximate surface area is 120 Å². The highest BCUT2D eigenvalue weighted by atomic mass is 16.4. The Bertz CT molecular complexity index is 836. The van der Waals surface area contributed by atoms with Gasteiger partial charge in [0.25, 0.3) is 0 Å². The van der Waals surface area contributed by atoms with Crippen LogP contribution in [0.1, 0.15) is 10.4 Å². The molecule has 0 bridgehead atoms. The number of anilines is 1. The van der Waals surface area contributed by atoms with Crippen molar-refractivity contribution < 1.29 is 14.7 Å². The largest absolute Gasteiger partial charge is 0.478 e. The van der Waals surface area contributed by atoms with Crippen molar-refractivity contribution in [3.8, 4) is 11.1 Å². The topological polar surface area (TPSA) is 82.2 Å². The Morgan fingerprint density at radius 2 is 2.05 bits per heavy atom. The molecule has 3 rings (SSSR count). The second-order valence-corrected chi connectivity index (χ2v) is 4.57. The number of H-pyrrole nitrogens is 1. The molecule has 0 aliphatic heterocycles. The molecule has 0 radical (unpaired) electrons. The summed E-state index contributed by atoms with van der Waals surface area (Å²) in [7, 11) is 0. The van der Waals surface area contributed by atoms with Crippen LogP contribution >= 0.6 is 0 Å². The number of carboxylic acids is 1. The van der Waals surface area contributed by atoms with Crippen LogP contribution in [0.2, 0.25) is 0 Å². The molecule has 1 heterocycles. The van der Waals surface area contributed by atoms with Crippen molar-refractivity contribution in [3.05, 3.63) is 54.2 Å². The van der Waals surface area contributed by atoms with Crippen molar-refractivity contribution in [2.24, 2.45) is 0 Å². The molecule has 0 fully saturated rings. The van der Waals surface area contributed by atoms with Gasteiger partial charge in [-0.3, -0.25) is 4.79 Å². The average Bonchev–Trinajstić information content (AvgIpc) is 2.95. The van der Waals surface area contributed by atoms with Crippen LogP contribution in [0.5, 0.6) is 0 Å².